The van der Waals surface area contributed by atoms with Crippen molar-refractivity contribution in [3.8, 4) is 17.4 Å². The molecule has 0 aliphatic carbocycles. The van der Waals surface area contributed by atoms with E-state index in [1.165, 1.54) is 24.7 Å². The van der Waals surface area contributed by atoms with Crippen LogP contribution in [0.3, 0.4) is 0 Å². The van der Waals surface area contributed by atoms with Crippen molar-refractivity contribution >= 4 is 48.7 Å². The zero-order chi connectivity index (χ0) is 16.3. The summed E-state index contributed by atoms with van der Waals surface area (Å²) in [5, 5.41) is 10.8. The van der Waals surface area contributed by atoms with Crippen molar-refractivity contribution in [2.24, 2.45) is 0 Å². The van der Waals surface area contributed by atoms with Crippen molar-refractivity contribution in [1.29, 1.82) is 0 Å². The fraction of sp³-hybridized carbons (Fsp3) is 0.0833. The molecule has 0 amide bonds. The van der Waals surface area contributed by atoms with Gasteiger partial charge in [-0.05, 0) is 0 Å². The van der Waals surface area contributed by atoms with Gasteiger partial charge in [0.1, 0.15) is 0 Å². The highest BCUT2D eigenvalue weighted by Gasteiger charge is 2.17. The Balaban J connectivity index is 2.37. The van der Waals surface area contributed by atoms with Crippen molar-refractivity contribution in [3.05, 3.63) is 44.6 Å². The SMILES string of the molecule is COc1cnc(Oc2c(Cl)cc([N+](=O)[O-])cc2Cl)cc1SP. The van der Waals surface area contributed by atoms with E-state index in [2.05, 4.69) is 13.4 Å². The molecule has 0 saturated heterocycles. The van der Waals surface area contributed by atoms with Gasteiger partial charge in [0.25, 0.3) is 5.69 Å². The van der Waals surface area contributed by atoms with Crippen LogP contribution < -0.4 is 9.47 Å². The molecule has 0 spiro atoms. The number of nitro groups is 1. The molecule has 2 aromatic rings. The predicted molar refractivity (Wildman–Crippen MR) is 89.5 cm³/mol. The number of halogens is 2. The molecule has 1 aromatic carbocycles. The number of aromatic nitrogens is 1. The summed E-state index contributed by atoms with van der Waals surface area (Å²) in [5.74, 6) is 0.933. The van der Waals surface area contributed by atoms with Crippen LogP contribution in [0.5, 0.6) is 17.4 Å². The van der Waals surface area contributed by atoms with Crippen LogP contribution in [0.4, 0.5) is 5.69 Å². The van der Waals surface area contributed by atoms with Crippen LogP contribution in [0.15, 0.2) is 29.3 Å². The first-order valence-electron chi connectivity index (χ1n) is 5.68. The maximum absolute atomic E-state index is 10.7. The lowest BCUT2D eigenvalue weighted by molar-refractivity contribution is -0.384. The van der Waals surface area contributed by atoms with Gasteiger partial charge in [0.15, 0.2) is 11.5 Å². The first-order chi connectivity index (χ1) is 10.5. The highest BCUT2D eigenvalue weighted by atomic mass is 35.5. The van der Waals surface area contributed by atoms with Crippen LogP contribution in [0.25, 0.3) is 0 Å². The molecule has 0 bridgehead atoms. The van der Waals surface area contributed by atoms with Gasteiger partial charge in [-0.25, -0.2) is 4.98 Å². The van der Waals surface area contributed by atoms with E-state index in [0.29, 0.717) is 5.75 Å². The molecule has 1 atom stereocenters. The molecular weight excluding hydrogens is 370 g/mol. The molecule has 116 valence electrons. The van der Waals surface area contributed by atoms with Crippen molar-refractivity contribution in [1.82, 2.24) is 4.98 Å². The van der Waals surface area contributed by atoms with Gasteiger partial charge in [-0.1, -0.05) is 31.6 Å². The molecule has 0 fully saturated rings. The van der Waals surface area contributed by atoms with Crippen LogP contribution in [0.1, 0.15) is 0 Å². The second-order valence-electron chi connectivity index (χ2n) is 3.89. The van der Waals surface area contributed by atoms with E-state index in [1.54, 1.807) is 6.07 Å². The van der Waals surface area contributed by atoms with Gasteiger partial charge >= 0.3 is 0 Å². The average molecular weight is 379 g/mol. The van der Waals surface area contributed by atoms with Crippen LogP contribution in [0, 0.1) is 10.1 Å². The van der Waals surface area contributed by atoms with Crippen molar-refractivity contribution in [2.45, 2.75) is 4.90 Å². The Bertz CT molecular complexity index is 709. The number of hydrogen-bond donors (Lipinski definition) is 0. The summed E-state index contributed by atoms with van der Waals surface area (Å²) in [6.07, 6.45) is 1.49. The topological polar surface area (TPSA) is 74.5 Å². The molecule has 0 N–H and O–H groups in total. The van der Waals surface area contributed by atoms with E-state index >= 15 is 0 Å². The third-order valence-electron chi connectivity index (χ3n) is 2.55. The fourth-order valence-electron chi connectivity index (χ4n) is 1.56. The standard InChI is InChI=1S/C12H9Cl2N2O4PS/c1-19-9-5-15-11(4-10(9)22-21)20-12-7(13)2-6(16(17)18)3-8(12)14/h2-5H,21H2,1H3. The van der Waals surface area contributed by atoms with E-state index in [1.807, 2.05) is 0 Å². The number of non-ortho nitro benzene ring substituents is 1. The monoisotopic (exact) mass is 378 g/mol. The second kappa shape index (κ2) is 7.33. The summed E-state index contributed by atoms with van der Waals surface area (Å²) < 4.78 is 10.7. The van der Waals surface area contributed by atoms with Gasteiger partial charge in [-0.15, -0.1) is 11.4 Å². The van der Waals surface area contributed by atoms with Gasteiger partial charge in [0, 0.05) is 18.2 Å². The maximum Gasteiger partial charge on any atom is 0.272 e. The van der Waals surface area contributed by atoms with E-state index in [0.717, 1.165) is 17.0 Å². The summed E-state index contributed by atoms with van der Waals surface area (Å²) in [6, 6.07) is 3.97. The minimum Gasteiger partial charge on any atom is -0.494 e. The Kier molecular flexibility index (Phi) is 5.69. The molecule has 2 rings (SSSR count). The summed E-state index contributed by atoms with van der Waals surface area (Å²) in [7, 11) is 4.02. The number of ether oxygens (including phenoxy) is 2. The molecule has 6 nitrogen and oxygen atoms in total. The first kappa shape index (κ1) is 17.1. The number of benzene rings is 1. The normalized spacial score (nSPS) is 10.4. The first-order valence-corrected chi connectivity index (χ1v) is 8.73. The second-order valence-corrected chi connectivity index (χ2v) is 6.09. The molecule has 1 aromatic heterocycles. The lowest BCUT2D eigenvalue weighted by atomic mass is 10.3. The number of pyridine rings is 1. The van der Waals surface area contributed by atoms with Crippen molar-refractivity contribution in [3.63, 3.8) is 0 Å². The largest absolute Gasteiger partial charge is 0.494 e. The Hall–Kier alpha value is -1.27. The van der Waals surface area contributed by atoms with Crippen LogP contribution in [0.2, 0.25) is 10.0 Å². The predicted octanol–water partition coefficient (Wildman–Crippen LogP) is 4.98. The third kappa shape index (κ3) is 3.73. The van der Waals surface area contributed by atoms with Gasteiger partial charge in [0.05, 0.1) is 33.2 Å². The van der Waals surface area contributed by atoms with Crippen LogP contribution in [-0.4, -0.2) is 17.0 Å². The number of nitrogens with zero attached hydrogens (tertiary/aromatic N) is 2. The molecule has 10 heteroatoms. The quantitative estimate of drug-likeness (QED) is 0.414. The lowest BCUT2D eigenvalue weighted by Crippen LogP contribution is -1.94. The molecule has 0 aliphatic rings. The molecule has 0 radical (unpaired) electrons. The Morgan fingerprint density at radius 2 is 1.95 bits per heavy atom. The van der Waals surface area contributed by atoms with E-state index in [4.69, 9.17) is 32.7 Å². The zero-order valence-corrected chi connectivity index (χ0v) is 14.6. The summed E-state index contributed by atoms with van der Waals surface area (Å²) in [4.78, 5) is 15.0. The van der Waals surface area contributed by atoms with E-state index < -0.39 is 4.92 Å². The Morgan fingerprint density at radius 3 is 2.45 bits per heavy atom. The van der Waals surface area contributed by atoms with Gasteiger partial charge in [-0.2, -0.15) is 0 Å². The van der Waals surface area contributed by atoms with Crippen molar-refractivity contribution < 1.29 is 14.4 Å². The zero-order valence-electron chi connectivity index (χ0n) is 11.1. The molecule has 22 heavy (non-hydrogen) atoms. The molecule has 0 aliphatic heterocycles. The number of hydrogen-bond acceptors (Lipinski definition) is 6. The Morgan fingerprint density at radius 1 is 1.32 bits per heavy atom. The third-order valence-corrected chi connectivity index (χ3v) is 4.45. The molecule has 1 unspecified atom stereocenters. The number of rotatable bonds is 5. The Labute approximate surface area is 142 Å². The van der Waals surface area contributed by atoms with Gasteiger partial charge in [-0.3, -0.25) is 10.1 Å². The minimum absolute atomic E-state index is 0.0249. The lowest BCUT2D eigenvalue weighted by Gasteiger charge is -2.11. The summed E-state index contributed by atoms with van der Waals surface area (Å²) in [6.45, 7) is 0. The van der Waals surface area contributed by atoms with Crippen LogP contribution >= 0.6 is 43.0 Å². The highest BCUT2D eigenvalue weighted by molar-refractivity contribution is 8.43. The molecule has 1 heterocycles. The van der Waals surface area contributed by atoms with Crippen LogP contribution in [-0.2, 0) is 0 Å². The average Bonchev–Trinajstić information content (AvgIpc) is 2.50. The fourth-order valence-corrected chi connectivity index (χ4v) is 3.09. The van der Waals surface area contributed by atoms with Gasteiger partial charge in [0.2, 0.25) is 5.88 Å². The van der Waals surface area contributed by atoms with Gasteiger partial charge < -0.3 is 9.47 Å². The highest BCUT2D eigenvalue weighted by Crippen LogP contribution is 2.41. The summed E-state index contributed by atoms with van der Waals surface area (Å²) >= 11 is 13.3. The number of nitro benzene ring substituents is 1. The smallest absolute Gasteiger partial charge is 0.272 e. The molecular formula is C12H9Cl2N2O4PS. The van der Waals surface area contributed by atoms with E-state index in [-0.39, 0.29) is 27.4 Å². The molecule has 0 saturated carbocycles. The van der Waals surface area contributed by atoms with E-state index in [9.17, 15) is 10.1 Å². The van der Waals surface area contributed by atoms with Crippen molar-refractivity contribution in [2.75, 3.05) is 7.11 Å². The number of methoxy groups -OCH3 is 1. The maximum atomic E-state index is 10.7. The summed E-state index contributed by atoms with van der Waals surface area (Å²) in [5.41, 5.74) is -0.216. The minimum atomic E-state index is -0.587.